The predicted octanol–water partition coefficient (Wildman–Crippen LogP) is 1.05. The van der Waals surface area contributed by atoms with Gasteiger partial charge < -0.3 is 19.3 Å². The Labute approximate surface area is 138 Å². The molecule has 3 heterocycles. The van der Waals surface area contributed by atoms with Gasteiger partial charge in [-0.05, 0) is 12.1 Å². The van der Waals surface area contributed by atoms with Gasteiger partial charge in [0.2, 0.25) is 11.8 Å². The third-order valence-electron chi connectivity index (χ3n) is 4.04. The number of morpholine rings is 1. The summed E-state index contributed by atoms with van der Waals surface area (Å²) in [7, 11) is 0. The Morgan fingerprint density at radius 2 is 2.21 bits per heavy atom. The Kier molecular flexibility index (Phi) is 4.14. The van der Waals surface area contributed by atoms with Crippen molar-refractivity contribution < 1.29 is 18.8 Å². The van der Waals surface area contributed by atoms with Crippen molar-refractivity contribution in [2.75, 3.05) is 31.3 Å². The summed E-state index contributed by atoms with van der Waals surface area (Å²) < 4.78 is 16.4. The van der Waals surface area contributed by atoms with Crippen molar-refractivity contribution in [2.45, 2.75) is 19.0 Å². The molecule has 0 aliphatic carbocycles. The van der Waals surface area contributed by atoms with Crippen molar-refractivity contribution in [3.05, 3.63) is 36.0 Å². The van der Waals surface area contributed by atoms with Crippen LogP contribution in [0.1, 0.15) is 24.2 Å². The van der Waals surface area contributed by atoms with E-state index in [1.807, 2.05) is 24.3 Å². The molecule has 0 bridgehead atoms. The summed E-state index contributed by atoms with van der Waals surface area (Å²) >= 11 is 0. The lowest BCUT2D eigenvalue weighted by Crippen LogP contribution is -2.35. The molecular weight excluding hydrogens is 312 g/mol. The Morgan fingerprint density at radius 3 is 3.08 bits per heavy atom. The van der Waals surface area contributed by atoms with Gasteiger partial charge in [-0.15, -0.1) is 0 Å². The van der Waals surface area contributed by atoms with E-state index in [0.29, 0.717) is 43.7 Å². The largest absolute Gasteiger partial charge is 0.491 e. The number of nitrogens with one attached hydrogen (secondary N) is 1. The van der Waals surface area contributed by atoms with Crippen molar-refractivity contribution >= 4 is 11.6 Å². The van der Waals surface area contributed by atoms with Gasteiger partial charge in [0.05, 0.1) is 38.0 Å². The van der Waals surface area contributed by atoms with Crippen molar-refractivity contribution in [3.8, 4) is 5.75 Å². The minimum atomic E-state index is -0.0771. The fourth-order valence-electron chi connectivity index (χ4n) is 2.83. The lowest BCUT2D eigenvalue weighted by atomic mass is 10.2. The molecule has 0 spiro atoms. The molecule has 4 rings (SSSR count). The summed E-state index contributed by atoms with van der Waals surface area (Å²) in [4.78, 5) is 18.5. The monoisotopic (exact) mass is 330 g/mol. The van der Waals surface area contributed by atoms with E-state index in [9.17, 15) is 4.79 Å². The standard InChI is InChI=1S/C16H18N4O4/c21-15-5-7-23-13-4-2-1-3-12(13)20(15)9-14-18-16(19-24-14)11-10-22-8-6-17-11/h1-4,11,17H,5-10H2. The maximum atomic E-state index is 12.4. The number of carbonyl (C=O) groups excluding carboxylic acids is 1. The lowest BCUT2D eigenvalue weighted by molar-refractivity contribution is -0.119. The van der Waals surface area contributed by atoms with Crippen LogP contribution in [0.25, 0.3) is 0 Å². The average molecular weight is 330 g/mol. The maximum Gasteiger partial charge on any atom is 0.246 e. The van der Waals surface area contributed by atoms with Gasteiger partial charge in [0.25, 0.3) is 0 Å². The molecule has 0 radical (unpaired) electrons. The predicted molar refractivity (Wildman–Crippen MR) is 83.6 cm³/mol. The van der Waals surface area contributed by atoms with Gasteiger partial charge in [0, 0.05) is 6.54 Å². The van der Waals surface area contributed by atoms with E-state index in [-0.39, 0.29) is 18.5 Å². The number of benzene rings is 1. The fraction of sp³-hybridized carbons (Fsp3) is 0.438. The number of nitrogens with zero attached hydrogens (tertiary/aromatic N) is 3. The highest BCUT2D eigenvalue weighted by Crippen LogP contribution is 2.32. The molecule has 0 saturated carbocycles. The number of carbonyl (C=O) groups is 1. The SMILES string of the molecule is O=C1CCOc2ccccc2N1Cc1nc(C2COCCN2)no1. The quantitative estimate of drug-likeness (QED) is 0.899. The molecule has 8 heteroatoms. The summed E-state index contributed by atoms with van der Waals surface area (Å²) in [5, 5.41) is 7.29. The highest BCUT2D eigenvalue weighted by Gasteiger charge is 2.26. The van der Waals surface area contributed by atoms with Gasteiger partial charge in [-0.1, -0.05) is 17.3 Å². The molecule has 1 unspecified atom stereocenters. The van der Waals surface area contributed by atoms with Crippen LogP contribution in [0.5, 0.6) is 5.75 Å². The summed E-state index contributed by atoms with van der Waals surface area (Å²) in [6, 6.07) is 7.38. The first-order valence-corrected chi connectivity index (χ1v) is 7.97. The smallest absolute Gasteiger partial charge is 0.246 e. The van der Waals surface area contributed by atoms with Crippen LogP contribution in [-0.2, 0) is 16.1 Å². The number of anilines is 1. The molecule has 1 fully saturated rings. The Hall–Kier alpha value is -2.45. The molecule has 2 aliphatic heterocycles. The van der Waals surface area contributed by atoms with Crippen LogP contribution in [0.15, 0.2) is 28.8 Å². The number of fused-ring (bicyclic) bond motifs is 1. The number of hydrogen-bond donors (Lipinski definition) is 1. The fourth-order valence-corrected chi connectivity index (χ4v) is 2.83. The van der Waals surface area contributed by atoms with Gasteiger partial charge in [0.15, 0.2) is 5.82 Å². The van der Waals surface area contributed by atoms with Crippen molar-refractivity contribution in [1.29, 1.82) is 0 Å². The molecule has 1 N–H and O–H groups in total. The molecule has 1 aromatic carbocycles. The molecule has 24 heavy (non-hydrogen) atoms. The highest BCUT2D eigenvalue weighted by atomic mass is 16.5. The number of rotatable bonds is 3. The van der Waals surface area contributed by atoms with E-state index >= 15 is 0 Å². The van der Waals surface area contributed by atoms with Crippen LogP contribution in [-0.4, -0.2) is 42.4 Å². The summed E-state index contributed by atoms with van der Waals surface area (Å²) in [6.45, 7) is 2.53. The van der Waals surface area contributed by atoms with Crippen LogP contribution in [0.3, 0.4) is 0 Å². The summed E-state index contributed by atoms with van der Waals surface area (Å²) in [5.74, 6) is 1.60. The van der Waals surface area contributed by atoms with Crippen LogP contribution < -0.4 is 15.0 Å². The summed E-state index contributed by atoms with van der Waals surface area (Å²) in [5.41, 5.74) is 0.721. The van der Waals surface area contributed by atoms with Crippen LogP contribution in [0, 0.1) is 0 Å². The molecular formula is C16H18N4O4. The molecule has 2 aromatic rings. The minimum Gasteiger partial charge on any atom is -0.491 e. The molecule has 126 valence electrons. The topological polar surface area (TPSA) is 89.7 Å². The van der Waals surface area contributed by atoms with Gasteiger partial charge in [-0.2, -0.15) is 4.98 Å². The van der Waals surface area contributed by atoms with Gasteiger partial charge in [0.1, 0.15) is 12.3 Å². The van der Waals surface area contributed by atoms with Crippen molar-refractivity contribution in [3.63, 3.8) is 0 Å². The zero-order valence-corrected chi connectivity index (χ0v) is 13.1. The van der Waals surface area contributed by atoms with Crippen LogP contribution in [0.4, 0.5) is 5.69 Å². The number of aromatic nitrogens is 2. The Bertz CT molecular complexity index is 726. The first kappa shape index (κ1) is 15.1. The zero-order chi connectivity index (χ0) is 16.4. The lowest BCUT2D eigenvalue weighted by Gasteiger charge is -2.21. The third-order valence-corrected chi connectivity index (χ3v) is 4.04. The molecule has 2 aliphatic rings. The molecule has 1 saturated heterocycles. The first-order valence-electron chi connectivity index (χ1n) is 7.97. The van der Waals surface area contributed by atoms with E-state index in [1.165, 1.54) is 0 Å². The van der Waals surface area contributed by atoms with Crippen molar-refractivity contribution in [2.24, 2.45) is 0 Å². The zero-order valence-electron chi connectivity index (χ0n) is 13.1. The van der Waals surface area contributed by atoms with Gasteiger partial charge in [-0.25, -0.2) is 0 Å². The highest BCUT2D eigenvalue weighted by molar-refractivity contribution is 5.95. The second-order valence-corrected chi connectivity index (χ2v) is 5.67. The summed E-state index contributed by atoms with van der Waals surface area (Å²) in [6.07, 6.45) is 0.313. The maximum absolute atomic E-state index is 12.4. The normalized spacial score (nSPS) is 21.1. The third kappa shape index (κ3) is 2.98. The Balaban J connectivity index is 1.56. The molecule has 1 aromatic heterocycles. The van der Waals surface area contributed by atoms with Crippen LogP contribution in [0.2, 0.25) is 0 Å². The van der Waals surface area contributed by atoms with E-state index in [0.717, 1.165) is 12.2 Å². The number of para-hydroxylation sites is 2. The Morgan fingerprint density at radius 1 is 1.29 bits per heavy atom. The second-order valence-electron chi connectivity index (χ2n) is 5.67. The second kappa shape index (κ2) is 6.58. The number of amides is 1. The number of hydrogen-bond acceptors (Lipinski definition) is 7. The molecule has 8 nitrogen and oxygen atoms in total. The molecule has 1 atom stereocenters. The van der Waals surface area contributed by atoms with E-state index in [1.54, 1.807) is 4.90 Å². The number of ether oxygens (including phenoxy) is 2. The minimum absolute atomic E-state index is 0.0289. The van der Waals surface area contributed by atoms with E-state index < -0.39 is 0 Å². The average Bonchev–Trinajstić information content (AvgIpc) is 3.03. The van der Waals surface area contributed by atoms with E-state index in [2.05, 4.69) is 15.5 Å². The van der Waals surface area contributed by atoms with Gasteiger partial charge >= 0.3 is 0 Å². The van der Waals surface area contributed by atoms with Crippen molar-refractivity contribution in [1.82, 2.24) is 15.5 Å². The first-order chi connectivity index (χ1) is 11.8. The molecule has 1 amide bonds. The van der Waals surface area contributed by atoms with E-state index in [4.69, 9.17) is 14.0 Å². The van der Waals surface area contributed by atoms with Crippen LogP contribution >= 0.6 is 0 Å². The van der Waals surface area contributed by atoms with Gasteiger partial charge in [-0.3, -0.25) is 9.69 Å².